The van der Waals surface area contributed by atoms with Crippen molar-refractivity contribution in [3.05, 3.63) is 28.3 Å². The second-order valence-corrected chi connectivity index (χ2v) is 9.33. The highest BCUT2D eigenvalue weighted by molar-refractivity contribution is 6.63. The second-order valence-electron chi connectivity index (χ2n) is 8.92. The van der Waals surface area contributed by atoms with Crippen LogP contribution in [0, 0.1) is 12.3 Å². The zero-order chi connectivity index (χ0) is 16.6. The van der Waals surface area contributed by atoms with E-state index in [9.17, 15) is 0 Å². The zero-order valence-corrected chi connectivity index (χ0v) is 15.6. The van der Waals surface area contributed by atoms with E-state index in [0.717, 1.165) is 10.5 Å². The van der Waals surface area contributed by atoms with Crippen molar-refractivity contribution in [3.8, 4) is 0 Å². The van der Waals surface area contributed by atoms with Gasteiger partial charge in [-0.15, -0.1) is 0 Å². The lowest BCUT2D eigenvalue weighted by atomic mass is 9.67. The van der Waals surface area contributed by atoms with Crippen LogP contribution in [0.3, 0.4) is 0 Å². The molecule has 1 aliphatic heterocycles. The summed E-state index contributed by atoms with van der Waals surface area (Å²) in [5.74, 6) is 0.649. The summed E-state index contributed by atoms with van der Waals surface area (Å²) in [6, 6.07) is 4.34. The molecule has 23 heavy (non-hydrogen) atoms. The van der Waals surface area contributed by atoms with Crippen LogP contribution in [-0.2, 0) is 9.31 Å². The summed E-state index contributed by atoms with van der Waals surface area (Å²) in [4.78, 5) is 0. The van der Waals surface area contributed by atoms with Crippen molar-refractivity contribution >= 4 is 24.2 Å². The zero-order valence-electron chi connectivity index (χ0n) is 14.8. The third-order valence-electron chi connectivity index (χ3n) is 6.65. The van der Waals surface area contributed by atoms with Crippen molar-refractivity contribution in [1.29, 1.82) is 0 Å². The molecule has 0 bridgehead atoms. The summed E-state index contributed by atoms with van der Waals surface area (Å²) >= 11 is 6.63. The van der Waals surface area contributed by atoms with Gasteiger partial charge >= 0.3 is 7.12 Å². The van der Waals surface area contributed by atoms with E-state index in [1.54, 1.807) is 0 Å². The Hall–Kier alpha value is -0.505. The molecule has 4 heteroatoms. The lowest BCUT2D eigenvalue weighted by Crippen LogP contribution is -2.41. The van der Waals surface area contributed by atoms with Crippen LogP contribution < -0.4 is 5.46 Å². The quantitative estimate of drug-likeness (QED) is 0.737. The lowest BCUT2D eigenvalue weighted by molar-refractivity contribution is 0.00578. The first-order chi connectivity index (χ1) is 10.6. The topological polar surface area (TPSA) is 18.5 Å². The minimum Gasteiger partial charge on any atom is -0.399 e. The van der Waals surface area contributed by atoms with E-state index in [-0.39, 0.29) is 18.3 Å². The average Bonchev–Trinajstić information content (AvgIpc) is 3.14. The highest BCUT2D eigenvalue weighted by Crippen LogP contribution is 2.66. The average molecular weight is 333 g/mol. The minimum atomic E-state index is -0.331. The smallest absolute Gasteiger partial charge is 0.399 e. The largest absolute Gasteiger partial charge is 0.495 e. The molecule has 4 rings (SSSR count). The summed E-state index contributed by atoms with van der Waals surface area (Å²) < 4.78 is 12.4. The molecular weight excluding hydrogens is 306 g/mol. The summed E-state index contributed by atoms with van der Waals surface area (Å²) in [6.07, 6.45) is 5.49. The second kappa shape index (κ2) is 4.77. The van der Waals surface area contributed by atoms with Gasteiger partial charge < -0.3 is 9.31 Å². The van der Waals surface area contributed by atoms with Gasteiger partial charge in [-0.2, -0.15) is 0 Å². The highest BCUT2D eigenvalue weighted by Gasteiger charge is 2.54. The summed E-state index contributed by atoms with van der Waals surface area (Å²) in [5.41, 5.74) is 3.68. The first-order valence-electron chi connectivity index (χ1n) is 8.78. The van der Waals surface area contributed by atoms with Crippen LogP contribution >= 0.6 is 11.6 Å². The highest BCUT2D eigenvalue weighted by atomic mass is 35.5. The Morgan fingerprint density at radius 2 is 1.61 bits per heavy atom. The summed E-state index contributed by atoms with van der Waals surface area (Å²) in [7, 11) is -0.331. The molecule has 0 unspecified atom stereocenters. The van der Waals surface area contributed by atoms with E-state index in [0.29, 0.717) is 11.3 Å². The molecule has 0 aromatic heterocycles. The van der Waals surface area contributed by atoms with Gasteiger partial charge in [-0.25, -0.2) is 0 Å². The van der Waals surface area contributed by atoms with E-state index in [1.165, 1.54) is 36.8 Å². The first-order valence-corrected chi connectivity index (χ1v) is 9.16. The molecule has 3 aliphatic rings. The predicted octanol–water partition coefficient (Wildman–Crippen LogP) is 4.61. The van der Waals surface area contributed by atoms with Crippen molar-refractivity contribution in [3.63, 3.8) is 0 Å². The van der Waals surface area contributed by atoms with Gasteiger partial charge in [-0.05, 0) is 88.7 Å². The Labute approximate surface area is 145 Å². The van der Waals surface area contributed by atoms with Gasteiger partial charge in [-0.3, -0.25) is 0 Å². The van der Waals surface area contributed by atoms with Crippen LogP contribution in [0.25, 0.3) is 0 Å². The van der Waals surface area contributed by atoms with E-state index in [1.807, 2.05) is 0 Å². The molecular formula is C19H26BClO2. The van der Waals surface area contributed by atoms with Gasteiger partial charge in [-0.1, -0.05) is 23.2 Å². The van der Waals surface area contributed by atoms with Gasteiger partial charge in [0.15, 0.2) is 0 Å². The lowest BCUT2D eigenvalue weighted by Gasteiger charge is -2.37. The molecule has 2 aliphatic carbocycles. The molecule has 0 amide bonds. The molecule has 1 heterocycles. The molecule has 0 N–H and O–H groups in total. The molecule has 124 valence electrons. The molecule has 1 saturated heterocycles. The van der Waals surface area contributed by atoms with Gasteiger partial charge in [0, 0.05) is 5.02 Å². The maximum atomic E-state index is 6.63. The summed E-state index contributed by atoms with van der Waals surface area (Å²) in [6.45, 7) is 10.5. The van der Waals surface area contributed by atoms with Crippen LogP contribution in [0.5, 0.6) is 0 Å². The Morgan fingerprint density at radius 1 is 1.04 bits per heavy atom. The number of benzene rings is 1. The Bertz CT molecular complexity index is 640. The van der Waals surface area contributed by atoms with Gasteiger partial charge in [0.1, 0.15) is 0 Å². The molecule has 1 aromatic rings. The summed E-state index contributed by atoms with van der Waals surface area (Å²) in [5, 5.41) is 0.876. The molecule has 2 saturated carbocycles. The van der Waals surface area contributed by atoms with Gasteiger partial charge in [0.2, 0.25) is 0 Å². The first kappa shape index (κ1) is 16.0. The number of aryl methyl sites for hydroxylation is 1. The van der Waals surface area contributed by atoms with E-state index in [2.05, 4.69) is 46.8 Å². The molecule has 0 radical (unpaired) electrons. The van der Waals surface area contributed by atoms with Gasteiger partial charge in [0.25, 0.3) is 0 Å². The molecule has 1 spiro atoms. The van der Waals surface area contributed by atoms with Crippen molar-refractivity contribution in [2.75, 3.05) is 0 Å². The maximum Gasteiger partial charge on any atom is 0.495 e. The van der Waals surface area contributed by atoms with Crippen LogP contribution in [0.2, 0.25) is 5.02 Å². The standard InChI is InChI=1S/C19H26BClO2/c1-12-8-14(13-10-19(11-13)6-7-19)16(21)9-15(12)20-22-17(2,3)18(4,5)23-20/h8-9,13H,6-7,10-11H2,1-5H3. The number of hydrogen-bond donors (Lipinski definition) is 0. The number of halogens is 1. The Morgan fingerprint density at radius 3 is 2.13 bits per heavy atom. The Kier molecular flexibility index (Phi) is 3.32. The van der Waals surface area contributed by atoms with Crippen molar-refractivity contribution in [2.45, 2.75) is 77.4 Å². The fourth-order valence-corrected chi connectivity index (χ4v) is 4.37. The number of rotatable bonds is 2. The van der Waals surface area contributed by atoms with Crippen LogP contribution in [-0.4, -0.2) is 18.3 Å². The van der Waals surface area contributed by atoms with Crippen molar-refractivity contribution in [2.24, 2.45) is 5.41 Å². The van der Waals surface area contributed by atoms with Crippen LogP contribution in [0.1, 0.15) is 70.4 Å². The third kappa shape index (κ3) is 2.47. The van der Waals surface area contributed by atoms with Crippen molar-refractivity contribution in [1.82, 2.24) is 0 Å². The monoisotopic (exact) mass is 332 g/mol. The SMILES string of the molecule is Cc1cc(C2CC3(CC3)C2)c(Cl)cc1B1OC(C)(C)C(C)(C)O1. The van der Waals surface area contributed by atoms with Crippen LogP contribution in [0.15, 0.2) is 12.1 Å². The molecule has 0 atom stereocenters. The maximum absolute atomic E-state index is 6.63. The van der Waals surface area contributed by atoms with E-state index in [4.69, 9.17) is 20.9 Å². The predicted molar refractivity (Wildman–Crippen MR) is 95.5 cm³/mol. The minimum absolute atomic E-state index is 0.318. The molecule has 2 nitrogen and oxygen atoms in total. The van der Waals surface area contributed by atoms with E-state index >= 15 is 0 Å². The third-order valence-corrected chi connectivity index (χ3v) is 6.98. The van der Waals surface area contributed by atoms with E-state index < -0.39 is 0 Å². The Balaban J connectivity index is 1.60. The van der Waals surface area contributed by atoms with Gasteiger partial charge in [0.05, 0.1) is 11.2 Å². The molecule has 3 fully saturated rings. The normalized spacial score (nSPS) is 27.3. The fraction of sp³-hybridized carbons (Fsp3) is 0.684. The van der Waals surface area contributed by atoms with Crippen LogP contribution in [0.4, 0.5) is 0 Å². The van der Waals surface area contributed by atoms with Crippen molar-refractivity contribution < 1.29 is 9.31 Å². The fourth-order valence-electron chi connectivity index (χ4n) is 4.05. The number of hydrogen-bond acceptors (Lipinski definition) is 2. The molecule has 1 aromatic carbocycles.